The number of aryl methyl sites for hydroxylation is 1. The minimum absolute atomic E-state index is 0.108. The van der Waals surface area contributed by atoms with Crippen LogP contribution in [0.15, 0.2) is 34.4 Å². The van der Waals surface area contributed by atoms with Crippen molar-refractivity contribution in [3.8, 4) is 0 Å². The molecule has 17 heavy (non-hydrogen) atoms. The summed E-state index contributed by atoms with van der Waals surface area (Å²) < 4.78 is 5.62. The Labute approximate surface area is 103 Å². The van der Waals surface area contributed by atoms with Crippen molar-refractivity contribution < 1.29 is 9.21 Å². The second kappa shape index (κ2) is 5.20. The van der Waals surface area contributed by atoms with Gasteiger partial charge in [0.15, 0.2) is 5.78 Å². The smallest absolute Gasteiger partial charge is 0.166 e. The maximum Gasteiger partial charge on any atom is 0.166 e. The summed E-state index contributed by atoms with van der Waals surface area (Å²) in [4.78, 5) is 11.7. The monoisotopic (exact) mass is 232 g/mol. The van der Waals surface area contributed by atoms with Gasteiger partial charge in [-0.25, -0.2) is 0 Å². The molecule has 1 aromatic heterocycles. The molecule has 1 rings (SSSR count). The largest absolute Gasteiger partial charge is 0.466 e. The van der Waals surface area contributed by atoms with Crippen LogP contribution in [-0.2, 0) is 10.2 Å². The lowest BCUT2D eigenvalue weighted by molar-refractivity contribution is -0.115. The second-order valence-corrected chi connectivity index (χ2v) is 5.02. The average molecular weight is 232 g/mol. The van der Waals surface area contributed by atoms with Crippen LogP contribution in [0.4, 0.5) is 0 Å². The van der Waals surface area contributed by atoms with Crippen molar-refractivity contribution in [1.82, 2.24) is 0 Å². The van der Waals surface area contributed by atoms with Gasteiger partial charge >= 0.3 is 0 Å². The highest BCUT2D eigenvalue weighted by atomic mass is 16.3. The summed E-state index contributed by atoms with van der Waals surface area (Å²) in [5.74, 6) is 1.95. The van der Waals surface area contributed by atoms with Gasteiger partial charge in [0.2, 0.25) is 0 Å². The van der Waals surface area contributed by atoms with Crippen LogP contribution in [0.5, 0.6) is 0 Å². The SMILES string of the molecule is C=C=C(C)C(=O)CCC(C)(C)c1ccc(C)o1. The van der Waals surface area contributed by atoms with Crippen molar-refractivity contribution in [2.75, 3.05) is 0 Å². The summed E-state index contributed by atoms with van der Waals surface area (Å²) in [6, 6.07) is 3.93. The van der Waals surface area contributed by atoms with Gasteiger partial charge in [0.05, 0.1) is 0 Å². The van der Waals surface area contributed by atoms with Crippen LogP contribution in [0.2, 0.25) is 0 Å². The lowest BCUT2D eigenvalue weighted by Gasteiger charge is -2.21. The van der Waals surface area contributed by atoms with Gasteiger partial charge < -0.3 is 4.42 Å². The summed E-state index contributed by atoms with van der Waals surface area (Å²) in [6.45, 7) is 11.3. The van der Waals surface area contributed by atoms with E-state index in [9.17, 15) is 4.79 Å². The Bertz CT molecular complexity index is 457. The molecule has 0 saturated carbocycles. The van der Waals surface area contributed by atoms with E-state index in [1.54, 1.807) is 6.92 Å². The van der Waals surface area contributed by atoms with Crippen molar-refractivity contribution in [2.45, 2.75) is 46.0 Å². The van der Waals surface area contributed by atoms with Gasteiger partial charge in [-0.2, -0.15) is 0 Å². The van der Waals surface area contributed by atoms with Crippen LogP contribution in [0.3, 0.4) is 0 Å². The maximum atomic E-state index is 11.7. The first kappa shape index (κ1) is 13.5. The highest BCUT2D eigenvalue weighted by Crippen LogP contribution is 2.30. The van der Waals surface area contributed by atoms with Crippen LogP contribution in [-0.4, -0.2) is 5.78 Å². The molecular formula is C15H20O2. The summed E-state index contributed by atoms with van der Waals surface area (Å²) in [7, 11) is 0. The number of carbonyl (C=O) groups is 1. The zero-order chi connectivity index (χ0) is 13.1. The van der Waals surface area contributed by atoms with Crippen LogP contribution in [0.25, 0.3) is 0 Å². The molecule has 0 atom stereocenters. The standard InChI is InChI=1S/C15H20O2/c1-6-11(2)13(16)9-10-15(4,5)14-8-7-12(3)17-14/h7-8H,1,9-10H2,2-5H3. The topological polar surface area (TPSA) is 30.2 Å². The number of hydrogen-bond acceptors (Lipinski definition) is 2. The van der Waals surface area contributed by atoms with Crippen LogP contribution in [0, 0.1) is 6.92 Å². The first-order valence-corrected chi connectivity index (χ1v) is 5.83. The quantitative estimate of drug-likeness (QED) is 0.568. The van der Waals surface area contributed by atoms with E-state index in [4.69, 9.17) is 4.42 Å². The Morgan fingerprint density at radius 3 is 2.59 bits per heavy atom. The van der Waals surface area contributed by atoms with Crippen molar-refractivity contribution in [1.29, 1.82) is 0 Å². The fourth-order valence-corrected chi connectivity index (χ4v) is 1.63. The average Bonchev–Trinajstić information content (AvgIpc) is 2.72. The molecule has 2 nitrogen and oxygen atoms in total. The van der Waals surface area contributed by atoms with Gasteiger partial charge in [0.25, 0.3) is 0 Å². The van der Waals surface area contributed by atoms with Gasteiger partial charge in [-0.05, 0) is 32.4 Å². The molecule has 0 aliphatic heterocycles. The second-order valence-electron chi connectivity index (χ2n) is 5.02. The van der Waals surface area contributed by atoms with E-state index in [-0.39, 0.29) is 11.2 Å². The molecule has 0 bridgehead atoms. The summed E-state index contributed by atoms with van der Waals surface area (Å²) >= 11 is 0. The first-order valence-electron chi connectivity index (χ1n) is 5.83. The van der Waals surface area contributed by atoms with Gasteiger partial charge in [-0.1, -0.05) is 20.4 Å². The number of rotatable bonds is 5. The maximum absolute atomic E-state index is 11.7. The van der Waals surface area contributed by atoms with E-state index in [1.807, 2.05) is 19.1 Å². The van der Waals surface area contributed by atoms with E-state index in [1.165, 1.54) is 0 Å². The normalized spacial score (nSPS) is 11.1. The Kier molecular flexibility index (Phi) is 4.14. The van der Waals surface area contributed by atoms with E-state index in [0.29, 0.717) is 12.0 Å². The molecule has 92 valence electrons. The van der Waals surface area contributed by atoms with Crippen molar-refractivity contribution in [3.63, 3.8) is 0 Å². The van der Waals surface area contributed by atoms with Crippen LogP contribution < -0.4 is 0 Å². The van der Waals surface area contributed by atoms with Gasteiger partial charge in [-0.3, -0.25) is 4.79 Å². The number of Topliss-reactive ketones (excluding diaryl/α,β-unsaturated/α-hetero) is 1. The number of carbonyl (C=O) groups excluding carboxylic acids is 1. The van der Waals surface area contributed by atoms with Crippen molar-refractivity contribution in [2.24, 2.45) is 0 Å². The lowest BCUT2D eigenvalue weighted by atomic mass is 9.84. The highest BCUT2D eigenvalue weighted by molar-refractivity contribution is 5.94. The van der Waals surface area contributed by atoms with E-state index in [2.05, 4.69) is 26.2 Å². The number of hydrogen-bond donors (Lipinski definition) is 0. The minimum Gasteiger partial charge on any atom is -0.466 e. The third-order valence-corrected chi connectivity index (χ3v) is 3.07. The van der Waals surface area contributed by atoms with Crippen LogP contribution >= 0.6 is 0 Å². The zero-order valence-corrected chi connectivity index (χ0v) is 11.1. The van der Waals surface area contributed by atoms with E-state index < -0.39 is 0 Å². The number of allylic oxidation sites excluding steroid dienone is 1. The summed E-state index contributed by atoms with van der Waals surface area (Å²) in [5, 5.41) is 0. The van der Waals surface area contributed by atoms with Crippen molar-refractivity contribution in [3.05, 3.63) is 41.5 Å². The molecule has 2 heteroatoms. The van der Waals surface area contributed by atoms with Gasteiger partial charge in [0, 0.05) is 17.4 Å². The molecule has 0 aliphatic carbocycles. The predicted octanol–water partition coefficient (Wildman–Crippen LogP) is 3.95. The third kappa shape index (κ3) is 3.47. The van der Waals surface area contributed by atoms with Crippen molar-refractivity contribution >= 4 is 5.78 Å². The highest BCUT2D eigenvalue weighted by Gasteiger charge is 2.25. The predicted molar refractivity (Wildman–Crippen MR) is 69.0 cm³/mol. The van der Waals surface area contributed by atoms with E-state index in [0.717, 1.165) is 17.9 Å². The first-order chi connectivity index (χ1) is 7.86. The van der Waals surface area contributed by atoms with Gasteiger partial charge in [0.1, 0.15) is 11.5 Å². The molecule has 0 fully saturated rings. The molecule has 1 aromatic rings. The molecule has 1 heterocycles. The van der Waals surface area contributed by atoms with Gasteiger partial charge in [-0.15, -0.1) is 5.73 Å². The number of furan rings is 1. The lowest BCUT2D eigenvalue weighted by Crippen LogP contribution is -2.18. The fraction of sp³-hybridized carbons (Fsp3) is 0.467. The zero-order valence-electron chi connectivity index (χ0n) is 11.1. The molecule has 0 saturated heterocycles. The third-order valence-electron chi connectivity index (χ3n) is 3.07. The Morgan fingerprint density at radius 2 is 2.12 bits per heavy atom. The molecule has 0 aliphatic rings. The minimum atomic E-state index is -0.120. The molecule has 0 unspecified atom stereocenters. The Hall–Kier alpha value is -1.53. The summed E-state index contributed by atoms with van der Waals surface area (Å²) in [5.41, 5.74) is 3.13. The molecule has 0 spiro atoms. The Morgan fingerprint density at radius 1 is 1.47 bits per heavy atom. The molecule has 0 N–H and O–H groups in total. The summed E-state index contributed by atoms with van der Waals surface area (Å²) in [6.07, 6.45) is 1.26. The Balaban J connectivity index is 2.68. The fourth-order valence-electron chi connectivity index (χ4n) is 1.63. The molecule has 0 amide bonds. The van der Waals surface area contributed by atoms with Crippen LogP contribution in [0.1, 0.15) is 45.1 Å². The molecular weight excluding hydrogens is 212 g/mol. The number of ketones is 1. The molecule has 0 aromatic carbocycles. The molecule has 0 radical (unpaired) electrons. The van der Waals surface area contributed by atoms with E-state index >= 15 is 0 Å².